The molecular formula is C23H23FN4O2. The van der Waals surface area contributed by atoms with Gasteiger partial charge in [0, 0.05) is 37.2 Å². The average Bonchev–Trinajstić information content (AvgIpc) is 3.11. The normalized spacial score (nSPS) is 16.2. The molecule has 1 atom stereocenters. The molecule has 4 rings (SSSR count). The van der Waals surface area contributed by atoms with Gasteiger partial charge in [-0.1, -0.05) is 24.3 Å². The molecule has 2 aromatic carbocycles. The molecule has 1 fully saturated rings. The third-order valence-corrected chi connectivity index (χ3v) is 5.54. The number of aryl methyl sites for hydroxylation is 1. The zero-order valence-corrected chi connectivity index (χ0v) is 16.9. The van der Waals surface area contributed by atoms with Gasteiger partial charge in [-0.05, 0) is 48.7 Å². The van der Waals surface area contributed by atoms with Crippen LogP contribution in [0.5, 0.6) is 0 Å². The first-order valence-corrected chi connectivity index (χ1v) is 9.87. The van der Waals surface area contributed by atoms with Crippen molar-refractivity contribution in [2.24, 2.45) is 0 Å². The summed E-state index contributed by atoms with van der Waals surface area (Å²) in [6.07, 6.45) is 0.307. The number of carbonyl (C=O) groups is 1. The fourth-order valence-electron chi connectivity index (χ4n) is 3.72. The average molecular weight is 406 g/mol. The van der Waals surface area contributed by atoms with Crippen molar-refractivity contribution in [1.29, 1.82) is 0 Å². The summed E-state index contributed by atoms with van der Waals surface area (Å²) < 4.78 is 13.0. The highest BCUT2D eigenvalue weighted by Gasteiger charge is 2.33. The number of H-pyrrole nitrogens is 1. The number of benzene rings is 2. The summed E-state index contributed by atoms with van der Waals surface area (Å²) in [5, 5.41) is 3.07. The minimum Gasteiger partial charge on any atom is -0.352 e. The summed E-state index contributed by atoms with van der Waals surface area (Å²) in [5.41, 5.74) is 4.28. The maximum atomic E-state index is 13.0. The van der Waals surface area contributed by atoms with Crippen LogP contribution in [0.25, 0.3) is 0 Å². The molecule has 154 valence electrons. The second kappa shape index (κ2) is 8.10. The van der Waals surface area contributed by atoms with E-state index in [-0.39, 0.29) is 23.2 Å². The Morgan fingerprint density at radius 1 is 1.17 bits per heavy atom. The Bertz CT molecular complexity index is 1140. The van der Waals surface area contributed by atoms with E-state index in [2.05, 4.69) is 15.3 Å². The molecule has 6 nitrogen and oxygen atoms in total. The Balaban J connectivity index is 1.53. The van der Waals surface area contributed by atoms with Crippen LogP contribution >= 0.6 is 0 Å². The molecule has 0 unspecified atom stereocenters. The second-order valence-electron chi connectivity index (χ2n) is 7.62. The fourth-order valence-corrected chi connectivity index (χ4v) is 3.72. The zero-order chi connectivity index (χ0) is 21.3. The highest BCUT2D eigenvalue weighted by atomic mass is 19.1. The maximum absolute atomic E-state index is 13.0. The number of nitrogens with one attached hydrogen (secondary N) is 2. The van der Waals surface area contributed by atoms with Gasteiger partial charge in [0.15, 0.2) is 0 Å². The number of hydrogen-bond donors (Lipinski definition) is 2. The summed E-state index contributed by atoms with van der Waals surface area (Å²) >= 11 is 0. The molecule has 1 saturated heterocycles. The lowest BCUT2D eigenvalue weighted by atomic mass is 10.0. The van der Waals surface area contributed by atoms with E-state index in [0.717, 1.165) is 22.4 Å². The quantitative estimate of drug-likeness (QED) is 0.678. The molecule has 0 spiro atoms. The van der Waals surface area contributed by atoms with Crippen LogP contribution in [-0.4, -0.2) is 22.4 Å². The molecule has 2 heterocycles. The Morgan fingerprint density at radius 3 is 2.70 bits per heavy atom. The minimum atomic E-state index is -0.299. The van der Waals surface area contributed by atoms with Crippen molar-refractivity contribution in [3.63, 3.8) is 0 Å². The fraction of sp³-hybridized carbons (Fsp3) is 0.261. The molecular weight excluding hydrogens is 383 g/mol. The summed E-state index contributed by atoms with van der Waals surface area (Å²) in [7, 11) is 0. The molecule has 3 aromatic rings. The number of carbonyl (C=O) groups excluding carboxylic acids is 1. The zero-order valence-electron chi connectivity index (χ0n) is 16.9. The molecule has 1 aliphatic rings. The summed E-state index contributed by atoms with van der Waals surface area (Å²) in [5.74, 6) is -0.103. The van der Waals surface area contributed by atoms with Gasteiger partial charge in [-0.2, -0.15) is 0 Å². The molecule has 0 aliphatic carbocycles. The van der Waals surface area contributed by atoms with Gasteiger partial charge in [0.2, 0.25) is 11.9 Å². The minimum absolute atomic E-state index is 0.0246. The molecule has 1 amide bonds. The van der Waals surface area contributed by atoms with E-state index in [1.54, 1.807) is 17.0 Å². The molecule has 7 heteroatoms. The number of aromatic amines is 1. The number of hydrogen-bond acceptors (Lipinski definition) is 4. The summed E-state index contributed by atoms with van der Waals surface area (Å²) in [6.45, 7) is 4.91. The van der Waals surface area contributed by atoms with Crippen LogP contribution in [0, 0.1) is 19.7 Å². The van der Waals surface area contributed by atoms with E-state index in [4.69, 9.17) is 0 Å². The number of rotatable bonds is 5. The number of aromatic nitrogens is 2. The predicted molar refractivity (Wildman–Crippen MR) is 114 cm³/mol. The van der Waals surface area contributed by atoms with Crippen molar-refractivity contribution in [2.45, 2.75) is 32.7 Å². The van der Waals surface area contributed by atoms with Gasteiger partial charge in [0.25, 0.3) is 5.56 Å². The van der Waals surface area contributed by atoms with Gasteiger partial charge >= 0.3 is 0 Å². The van der Waals surface area contributed by atoms with Gasteiger partial charge in [-0.25, -0.2) is 9.37 Å². The van der Waals surface area contributed by atoms with E-state index >= 15 is 0 Å². The topological polar surface area (TPSA) is 78.1 Å². The standard InChI is InChI=1S/C23H23FN4O2/c1-14-4-3-5-20(15(14)2)28-13-17(10-22(28)30)19-11-21(29)27-23(26-19)25-12-16-6-8-18(24)9-7-16/h3-9,11,17H,10,12-13H2,1-2H3,(H2,25,26,27,29)/t17-/m1/s1. The molecule has 0 bridgehead atoms. The first kappa shape index (κ1) is 19.8. The number of anilines is 2. The van der Waals surface area contributed by atoms with Crippen LogP contribution in [-0.2, 0) is 11.3 Å². The Labute approximate surface area is 173 Å². The molecule has 1 aromatic heterocycles. The lowest BCUT2D eigenvalue weighted by molar-refractivity contribution is -0.117. The first-order chi connectivity index (χ1) is 14.4. The molecule has 2 N–H and O–H groups in total. The largest absolute Gasteiger partial charge is 0.352 e. The van der Waals surface area contributed by atoms with Crippen molar-refractivity contribution in [3.05, 3.63) is 87.1 Å². The maximum Gasteiger partial charge on any atom is 0.252 e. The highest BCUT2D eigenvalue weighted by molar-refractivity contribution is 5.97. The predicted octanol–water partition coefficient (Wildman–Crippen LogP) is 3.66. The number of nitrogens with zero attached hydrogens (tertiary/aromatic N) is 2. The van der Waals surface area contributed by atoms with Crippen LogP contribution in [0.1, 0.15) is 34.7 Å². The van der Waals surface area contributed by atoms with E-state index in [9.17, 15) is 14.0 Å². The van der Waals surface area contributed by atoms with Crippen molar-refractivity contribution in [2.75, 3.05) is 16.8 Å². The lowest BCUT2D eigenvalue weighted by Gasteiger charge is -2.20. The monoisotopic (exact) mass is 406 g/mol. The van der Waals surface area contributed by atoms with Crippen LogP contribution in [0.4, 0.5) is 16.0 Å². The first-order valence-electron chi connectivity index (χ1n) is 9.87. The van der Waals surface area contributed by atoms with E-state index < -0.39 is 0 Å². The Hall–Kier alpha value is -3.48. The third-order valence-electron chi connectivity index (χ3n) is 5.54. The van der Waals surface area contributed by atoms with Gasteiger partial charge in [-0.3, -0.25) is 14.6 Å². The van der Waals surface area contributed by atoms with Gasteiger partial charge in [0.05, 0.1) is 5.69 Å². The molecule has 0 radical (unpaired) electrons. The van der Waals surface area contributed by atoms with Crippen LogP contribution in [0.2, 0.25) is 0 Å². The molecule has 30 heavy (non-hydrogen) atoms. The number of halogens is 1. The van der Waals surface area contributed by atoms with Crippen molar-refractivity contribution in [3.8, 4) is 0 Å². The van der Waals surface area contributed by atoms with Crippen molar-refractivity contribution < 1.29 is 9.18 Å². The van der Waals surface area contributed by atoms with Gasteiger partial charge < -0.3 is 10.2 Å². The van der Waals surface area contributed by atoms with E-state index in [0.29, 0.717) is 31.2 Å². The van der Waals surface area contributed by atoms with Crippen molar-refractivity contribution >= 4 is 17.5 Å². The van der Waals surface area contributed by atoms with Crippen LogP contribution < -0.4 is 15.8 Å². The van der Waals surface area contributed by atoms with Gasteiger partial charge in [-0.15, -0.1) is 0 Å². The Morgan fingerprint density at radius 2 is 1.93 bits per heavy atom. The SMILES string of the molecule is Cc1cccc(N2C[C@H](c3cc(=O)[nH]c(NCc4ccc(F)cc4)n3)CC2=O)c1C. The smallest absolute Gasteiger partial charge is 0.252 e. The van der Waals surface area contributed by atoms with Crippen molar-refractivity contribution in [1.82, 2.24) is 9.97 Å². The second-order valence-corrected chi connectivity index (χ2v) is 7.62. The van der Waals surface area contributed by atoms with E-state index in [1.165, 1.54) is 18.2 Å². The van der Waals surface area contributed by atoms with Crippen LogP contribution in [0.15, 0.2) is 53.3 Å². The summed E-state index contributed by atoms with van der Waals surface area (Å²) in [4.78, 5) is 33.9. The van der Waals surface area contributed by atoms with Crippen LogP contribution in [0.3, 0.4) is 0 Å². The Kier molecular flexibility index (Phi) is 5.35. The van der Waals surface area contributed by atoms with E-state index in [1.807, 2.05) is 32.0 Å². The summed E-state index contributed by atoms with van der Waals surface area (Å²) in [6, 6.07) is 13.5. The number of amides is 1. The molecule has 1 aliphatic heterocycles. The molecule has 0 saturated carbocycles. The highest BCUT2D eigenvalue weighted by Crippen LogP contribution is 2.33. The lowest BCUT2D eigenvalue weighted by Crippen LogP contribution is -2.25. The third kappa shape index (κ3) is 4.10. The van der Waals surface area contributed by atoms with Gasteiger partial charge in [0.1, 0.15) is 5.82 Å².